The molecule has 0 fully saturated rings. The Labute approximate surface area is 160 Å². The number of rotatable bonds is 16. The maximum atomic E-state index is 12.0. The van der Waals surface area contributed by atoms with Crippen LogP contribution >= 0.6 is 7.82 Å². The van der Waals surface area contributed by atoms with Gasteiger partial charge in [0.25, 0.3) is 0 Å². The summed E-state index contributed by atoms with van der Waals surface area (Å²) in [6.45, 7) is 4.70. The molecule has 0 saturated heterocycles. The van der Waals surface area contributed by atoms with Crippen LogP contribution in [0.5, 0.6) is 0 Å². The second kappa shape index (κ2) is 14.4. The van der Waals surface area contributed by atoms with Crippen LogP contribution in [0.1, 0.15) is 76.3 Å². The fourth-order valence-corrected chi connectivity index (χ4v) is 3.87. The minimum Gasteiger partial charge on any atom is -0.290 e. The topological polar surface area (TPSA) is 44.8 Å². The zero-order valence-corrected chi connectivity index (χ0v) is 17.8. The van der Waals surface area contributed by atoms with E-state index in [-0.39, 0.29) is 0 Å². The number of benzene rings is 1. The van der Waals surface area contributed by atoms with Crippen LogP contribution < -0.4 is 0 Å². The lowest BCUT2D eigenvalue weighted by molar-refractivity contribution is 0.135. The Morgan fingerprint density at radius 1 is 0.769 bits per heavy atom. The normalized spacial score (nSPS) is 13.7. The summed E-state index contributed by atoms with van der Waals surface area (Å²) < 4.78 is 27.1. The summed E-state index contributed by atoms with van der Waals surface area (Å²) >= 11 is 0. The molecule has 0 aliphatic carbocycles. The van der Waals surface area contributed by atoms with Gasteiger partial charge in [-0.2, -0.15) is 0 Å². The lowest BCUT2D eigenvalue weighted by Gasteiger charge is -2.14. The molecule has 0 amide bonds. The molecule has 0 aliphatic heterocycles. The van der Waals surface area contributed by atoms with Crippen LogP contribution in [-0.2, 0) is 31.0 Å². The first kappa shape index (κ1) is 23.4. The molecular formula is C21H37O4P. The van der Waals surface area contributed by atoms with Crippen molar-refractivity contribution in [3.05, 3.63) is 35.4 Å². The molecule has 0 heterocycles. The summed E-state index contributed by atoms with van der Waals surface area (Å²) in [5.41, 5.74) is 2.69. The molecule has 0 aliphatic rings. The van der Waals surface area contributed by atoms with E-state index in [2.05, 4.69) is 31.2 Å². The number of unbranched alkanes of at least 4 members (excludes halogenated alkanes) is 6. The summed E-state index contributed by atoms with van der Waals surface area (Å²) in [6.07, 6.45) is 12.3. The summed E-state index contributed by atoms with van der Waals surface area (Å²) in [6, 6.07) is 8.84. The SMILES string of the molecule is CCCCCCCCCc1ccc(CCCOP(=O)(OC)OCC)cc1. The van der Waals surface area contributed by atoms with Gasteiger partial charge in [0.15, 0.2) is 0 Å². The Hall–Kier alpha value is -0.670. The minimum atomic E-state index is -3.35. The van der Waals surface area contributed by atoms with E-state index in [1.54, 1.807) is 6.92 Å². The summed E-state index contributed by atoms with van der Waals surface area (Å²) in [4.78, 5) is 0. The van der Waals surface area contributed by atoms with E-state index < -0.39 is 7.82 Å². The van der Waals surface area contributed by atoms with E-state index in [1.807, 2.05) is 0 Å². The van der Waals surface area contributed by atoms with Gasteiger partial charge in [-0.1, -0.05) is 69.7 Å². The van der Waals surface area contributed by atoms with Gasteiger partial charge in [-0.05, 0) is 43.7 Å². The fourth-order valence-electron chi connectivity index (χ4n) is 2.91. The van der Waals surface area contributed by atoms with E-state index in [4.69, 9.17) is 13.6 Å². The first-order chi connectivity index (χ1) is 12.6. The molecule has 5 heteroatoms. The van der Waals surface area contributed by atoms with Gasteiger partial charge >= 0.3 is 7.82 Å². The van der Waals surface area contributed by atoms with Gasteiger partial charge in [-0.25, -0.2) is 4.57 Å². The lowest BCUT2D eigenvalue weighted by atomic mass is 10.0. The van der Waals surface area contributed by atoms with Crippen LogP contribution in [0.15, 0.2) is 24.3 Å². The number of phosphoric acid groups is 1. The molecule has 1 aromatic rings. The van der Waals surface area contributed by atoms with E-state index in [0.29, 0.717) is 13.2 Å². The predicted molar refractivity (Wildman–Crippen MR) is 109 cm³/mol. The molecule has 1 unspecified atom stereocenters. The third-order valence-corrected chi connectivity index (χ3v) is 5.98. The Kier molecular flexibility index (Phi) is 12.9. The minimum absolute atomic E-state index is 0.311. The molecule has 0 N–H and O–H groups in total. The molecular weight excluding hydrogens is 347 g/mol. The van der Waals surface area contributed by atoms with Crippen molar-refractivity contribution >= 4 is 7.82 Å². The number of hydrogen-bond donors (Lipinski definition) is 0. The molecule has 1 rings (SSSR count). The van der Waals surface area contributed by atoms with Crippen LogP contribution in [0.25, 0.3) is 0 Å². The van der Waals surface area contributed by atoms with E-state index in [1.165, 1.54) is 69.6 Å². The van der Waals surface area contributed by atoms with Crippen molar-refractivity contribution in [1.29, 1.82) is 0 Å². The quantitative estimate of drug-likeness (QED) is 0.234. The van der Waals surface area contributed by atoms with E-state index >= 15 is 0 Å². The van der Waals surface area contributed by atoms with Gasteiger partial charge in [0.05, 0.1) is 13.2 Å². The number of hydrogen-bond acceptors (Lipinski definition) is 4. The second-order valence-corrected chi connectivity index (χ2v) is 8.45. The van der Waals surface area contributed by atoms with Gasteiger partial charge in [0, 0.05) is 7.11 Å². The molecule has 26 heavy (non-hydrogen) atoms. The first-order valence-corrected chi connectivity index (χ1v) is 11.6. The fraction of sp³-hybridized carbons (Fsp3) is 0.714. The molecule has 0 bridgehead atoms. The Morgan fingerprint density at radius 2 is 1.31 bits per heavy atom. The van der Waals surface area contributed by atoms with E-state index in [9.17, 15) is 4.57 Å². The van der Waals surface area contributed by atoms with Crippen molar-refractivity contribution < 1.29 is 18.1 Å². The summed E-state index contributed by atoms with van der Waals surface area (Å²) in [5, 5.41) is 0. The smallest absolute Gasteiger partial charge is 0.290 e. The Bertz CT molecular complexity index is 501. The highest BCUT2D eigenvalue weighted by atomic mass is 31.2. The Morgan fingerprint density at radius 3 is 1.85 bits per heavy atom. The third kappa shape index (κ3) is 10.5. The van der Waals surface area contributed by atoms with Crippen molar-refractivity contribution in [3.63, 3.8) is 0 Å². The monoisotopic (exact) mass is 384 g/mol. The highest BCUT2D eigenvalue weighted by Crippen LogP contribution is 2.48. The largest absolute Gasteiger partial charge is 0.474 e. The molecule has 1 atom stereocenters. The van der Waals surface area contributed by atoms with Crippen molar-refractivity contribution in [1.82, 2.24) is 0 Å². The molecule has 4 nitrogen and oxygen atoms in total. The van der Waals surface area contributed by atoms with Crippen LogP contribution in [0.3, 0.4) is 0 Å². The summed E-state index contributed by atoms with van der Waals surface area (Å²) in [7, 11) is -2.01. The van der Waals surface area contributed by atoms with Crippen LogP contribution in [0.4, 0.5) is 0 Å². The number of phosphoric ester groups is 1. The predicted octanol–water partition coefficient (Wildman–Crippen LogP) is 6.72. The third-order valence-electron chi connectivity index (χ3n) is 4.46. The summed E-state index contributed by atoms with van der Waals surface area (Å²) in [5.74, 6) is 0. The van der Waals surface area contributed by atoms with Gasteiger partial charge in [-0.3, -0.25) is 13.6 Å². The maximum Gasteiger partial charge on any atom is 0.474 e. The van der Waals surface area contributed by atoms with Gasteiger partial charge in [0.1, 0.15) is 0 Å². The second-order valence-electron chi connectivity index (χ2n) is 6.67. The Balaban J connectivity index is 2.17. The first-order valence-electron chi connectivity index (χ1n) is 10.2. The zero-order chi connectivity index (χ0) is 19.1. The van der Waals surface area contributed by atoms with Gasteiger partial charge in [0.2, 0.25) is 0 Å². The van der Waals surface area contributed by atoms with Crippen LogP contribution in [0.2, 0.25) is 0 Å². The van der Waals surface area contributed by atoms with Crippen molar-refractivity contribution in [2.24, 2.45) is 0 Å². The van der Waals surface area contributed by atoms with Gasteiger partial charge in [-0.15, -0.1) is 0 Å². The van der Waals surface area contributed by atoms with Gasteiger partial charge < -0.3 is 0 Å². The lowest BCUT2D eigenvalue weighted by Crippen LogP contribution is -2.00. The number of aryl methyl sites for hydroxylation is 2. The molecule has 0 saturated carbocycles. The van der Waals surface area contributed by atoms with E-state index in [0.717, 1.165) is 12.8 Å². The highest BCUT2D eigenvalue weighted by molar-refractivity contribution is 7.48. The molecule has 150 valence electrons. The van der Waals surface area contributed by atoms with Crippen LogP contribution in [0, 0.1) is 0 Å². The molecule has 0 radical (unpaired) electrons. The highest BCUT2D eigenvalue weighted by Gasteiger charge is 2.23. The van der Waals surface area contributed by atoms with Crippen LogP contribution in [-0.4, -0.2) is 20.3 Å². The van der Waals surface area contributed by atoms with Crippen molar-refractivity contribution in [2.75, 3.05) is 20.3 Å². The standard InChI is InChI=1S/C21H37O4P/c1-4-6-7-8-9-10-11-13-20-15-17-21(18-16-20)14-12-19-25-26(22,23-3)24-5-2/h15-18H,4-14,19H2,1-3H3. The average molecular weight is 384 g/mol. The van der Waals surface area contributed by atoms with Crippen molar-refractivity contribution in [2.45, 2.75) is 78.1 Å². The maximum absolute atomic E-state index is 12.0. The molecule has 1 aromatic carbocycles. The van der Waals surface area contributed by atoms with Crippen molar-refractivity contribution in [3.8, 4) is 0 Å². The zero-order valence-electron chi connectivity index (χ0n) is 16.9. The average Bonchev–Trinajstić information content (AvgIpc) is 2.66. The molecule has 0 aromatic heterocycles. The molecule has 0 spiro atoms.